The summed E-state index contributed by atoms with van der Waals surface area (Å²) in [5.74, 6) is -0.297. The molecule has 2 heterocycles. The fourth-order valence-electron chi connectivity index (χ4n) is 3.03. The van der Waals surface area contributed by atoms with Crippen molar-refractivity contribution in [1.82, 2.24) is 9.80 Å². The van der Waals surface area contributed by atoms with Crippen LogP contribution in [0.2, 0.25) is 0 Å². The quantitative estimate of drug-likeness (QED) is 0.853. The van der Waals surface area contributed by atoms with Gasteiger partial charge in [-0.2, -0.15) is 0 Å². The number of ether oxygens (including phenoxy) is 1. The van der Waals surface area contributed by atoms with Gasteiger partial charge in [0, 0.05) is 33.2 Å². The van der Waals surface area contributed by atoms with Gasteiger partial charge < -0.3 is 14.7 Å². The highest BCUT2D eigenvalue weighted by Crippen LogP contribution is 2.34. The highest BCUT2D eigenvalue weighted by Gasteiger charge is 2.42. The van der Waals surface area contributed by atoms with Gasteiger partial charge in [0.15, 0.2) is 0 Å². The molecule has 1 N–H and O–H groups in total. The SMILES string of the molecule is CN(CCN1CCOCC1)C(=O)C(O)(c1ccccc1)c1cccs1. The lowest BCUT2D eigenvalue weighted by atomic mass is 9.90. The van der Waals surface area contributed by atoms with Gasteiger partial charge in [-0.05, 0) is 17.0 Å². The van der Waals surface area contributed by atoms with E-state index in [0.29, 0.717) is 17.0 Å². The van der Waals surface area contributed by atoms with Crippen LogP contribution in [0.25, 0.3) is 0 Å². The van der Waals surface area contributed by atoms with Crippen LogP contribution >= 0.6 is 11.3 Å². The number of aliphatic hydroxyl groups is 1. The third-order valence-corrected chi connectivity index (χ3v) is 5.56. The first-order valence-electron chi connectivity index (χ1n) is 8.50. The molecule has 1 aliphatic rings. The van der Waals surface area contributed by atoms with Gasteiger partial charge in [-0.25, -0.2) is 0 Å². The average molecular weight is 360 g/mol. The normalized spacial score (nSPS) is 17.8. The van der Waals surface area contributed by atoms with Crippen molar-refractivity contribution < 1.29 is 14.6 Å². The molecule has 2 aromatic rings. The third-order valence-electron chi connectivity index (χ3n) is 4.58. The lowest BCUT2D eigenvalue weighted by molar-refractivity contribution is -0.146. The minimum absolute atomic E-state index is 0.297. The topological polar surface area (TPSA) is 53.0 Å². The van der Waals surface area contributed by atoms with Crippen LogP contribution in [0.3, 0.4) is 0 Å². The van der Waals surface area contributed by atoms with Crippen LogP contribution in [0.15, 0.2) is 47.8 Å². The van der Waals surface area contributed by atoms with E-state index < -0.39 is 5.60 Å². The van der Waals surface area contributed by atoms with Crippen LogP contribution < -0.4 is 0 Å². The molecule has 1 saturated heterocycles. The van der Waals surface area contributed by atoms with E-state index in [-0.39, 0.29) is 5.91 Å². The van der Waals surface area contributed by atoms with Gasteiger partial charge in [0.2, 0.25) is 5.60 Å². The molecule has 134 valence electrons. The Morgan fingerprint density at radius 2 is 1.96 bits per heavy atom. The van der Waals surface area contributed by atoms with Crippen LogP contribution in [-0.2, 0) is 15.1 Å². The maximum absolute atomic E-state index is 13.2. The fraction of sp³-hybridized carbons (Fsp3) is 0.421. The van der Waals surface area contributed by atoms with Crippen LogP contribution in [0.1, 0.15) is 10.4 Å². The van der Waals surface area contributed by atoms with E-state index in [1.807, 2.05) is 35.7 Å². The highest BCUT2D eigenvalue weighted by molar-refractivity contribution is 7.10. The first kappa shape index (κ1) is 18.1. The number of likely N-dealkylation sites (N-methyl/N-ethyl adjacent to an activating group) is 1. The number of hydrogen-bond acceptors (Lipinski definition) is 5. The minimum atomic E-state index is -1.64. The Labute approximate surface area is 152 Å². The largest absolute Gasteiger partial charge is 0.379 e. The Morgan fingerprint density at radius 3 is 2.60 bits per heavy atom. The van der Waals surface area contributed by atoms with Crippen molar-refractivity contribution in [3.63, 3.8) is 0 Å². The predicted octanol–water partition coefficient (Wildman–Crippen LogP) is 1.77. The van der Waals surface area contributed by atoms with Crippen molar-refractivity contribution in [1.29, 1.82) is 0 Å². The summed E-state index contributed by atoms with van der Waals surface area (Å²) in [5, 5.41) is 13.3. The lowest BCUT2D eigenvalue weighted by Gasteiger charge is -2.33. The summed E-state index contributed by atoms with van der Waals surface area (Å²) in [5.41, 5.74) is -1.05. The zero-order valence-corrected chi connectivity index (χ0v) is 15.2. The van der Waals surface area contributed by atoms with E-state index in [0.717, 1.165) is 32.8 Å². The van der Waals surface area contributed by atoms with Gasteiger partial charge in [0.25, 0.3) is 5.91 Å². The number of rotatable bonds is 6. The molecule has 0 saturated carbocycles. The summed E-state index contributed by atoms with van der Waals surface area (Å²) in [4.78, 5) is 17.7. The third kappa shape index (κ3) is 3.93. The van der Waals surface area contributed by atoms with Crippen LogP contribution in [0.4, 0.5) is 0 Å². The highest BCUT2D eigenvalue weighted by atomic mass is 32.1. The molecule has 6 heteroatoms. The number of amides is 1. The molecule has 0 spiro atoms. The summed E-state index contributed by atoms with van der Waals surface area (Å²) in [6.45, 7) is 4.59. The van der Waals surface area contributed by atoms with Crippen LogP contribution in [0.5, 0.6) is 0 Å². The summed E-state index contributed by atoms with van der Waals surface area (Å²) < 4.78 is 5.35. The van der Waals surface area contributed by atoms with E-state index in [4.69, 9.17) is 4.74 Å². The monoisotopic (exact) mass is 360 g/mol. The van der Waals surface area contributed by atoms with Crippen molar-refractivity contribution >= 4 is 17.2 Å². The zero-order valence-electron chi connectivity index (χ0n) is 14.4. The second kappa shape index (κ2) is 8.10. The maximum atomic E-state index is 13.2. The maximum Gasteiger partial charge on any atom is 0.264 e. The zero-order chi connectivity index (χ0) is 17.7. The molecule has 25 heavy (non-hydrogen) atoms. The fourth-order valence-corrected chi connectivity index (χ4v) is 3.87. The van der Waals surface area contributed by atoms with E-state index in [1.165, 1.54) is 11.3 Å². The standard InChI is InChI=1S/C19H24N2O3S/c1-20(9-10-21-11-13-24-14-12-21)18(22)19(23,17-8-5-15-25-17)16-6-3-2-4-7-16/h2-8,15,23H,9-14H2,1H3. The minimum Gasteiger partial charge on any atom is -0.379 e. The number of morpholine rings is 1. The number of nitrogens with zero attached hydrogens (tertiary/aromatic N) is 2. The molecule has 5 nitrogen and oxygen atoms in total. The molecule has 0 aliphatic carbocycles. The Balaban J connectivity index is 1.77. The lowest BCUT2D eigenvalue weighted by Crippen LogP contribution is -2.48. The smallest absolute Gasteiger partial charge is 0.264 e. The molecule has 0 radical (unpaired) electrons. The first-order valence-corrected chi connectivity index (χ1v) is 9.38. The number of carbonyl (C=O) groups is 1. The molecule has 1 atom stereocenters. The van der Waals surface area contributed by atoms with Crippen molar-refractivity contribution in [3.8, 4) is 0 Å². The molecule has 3 rings (SSSR count). The Kier molecular flexibility index (Phi) is 5.86. The van der Waals surface area contributed by atoms with Crippen LogP contribution in [-0.4, -0.2) is 67.3 Å². The molecule has 1 unspecified atom stereocenters. The molecule has 1 aromatic heterocycles. The molecule has 0 bridgehead atoms. The first-order chi connectivity index (χ1) is 12.1. The Hall–Kier alpha value is -1.73. The number of carbonyl (C=O) groups excluding carboxylic acids is 1. The summed E-state index contributed by atoms with van der Waals surface area (Å²) in [7, 11) is 1.75. The van der Waals surface area contributed by atoms with E-state index in [1.54, 1.807) is 24.1 Å². The molecule has 1 fully saturated rings. The molecular formula is C19H24N2O3S. The van der Waals surface area contributed by atoms with E-state index in [2.05, 4.69) is 4.90 Å². The van der Waals surface area contributed by atoms with Crippen molar-refractivity contribution in [2.24, 2.45) is 0 Å². The molecule has 1 amide bonds. The second-order valence-electron chi connectivity index (χ2n) is 6.23. The summed E-state index contributed by atoms with van der Waals surface area (Å²) >= 11 is 1.39. The molecule has 1 aromatic carbocycles. The van der Waals surface area contributed by atoms with Gasteiger partial charge in [-0.15, -0.1) is 11.3 Å². The van der Waals surface area contributed by atoms with E-state index >= 15 is 0 Å². The number of hydrogen-bond donors (Lipinski definition) is 1. The second-order valence-corrected chi connectivity index (χ2v) is 7.18. The van der Waals surface area contributed by atoms with Gasteiger partial charge >= 0.3 is 0 Å². The van der Waals surface area contributed by atoms with Crippen molar-refractivity contribution in [2.45, 2.75) is 5.60 Å². The van der Waals surface area contributed by atoms with Gasteiger partial charge in [-0.3, -0.25) is 9.69 Å². The van der Waals surface area contributed by atoms with Gasteiger partial charge in [0.1, 0.15) is 0 Å². The number of thiophene rings is 1. The number of benzene rings is 1. The molecule has 1 aliphatic heterocycles. The Morgan fingerprint density at radius 1 is 1.24 bits per heavy atom. The summed E-state index contributed by atoms with van der Waals surface area (Å²) in [6, 6.07) is 12.8. The van der Waals surface area contributed by atoms with Crippen LogP contribution in [0, 0.1) is 0 Å². The van der Waals surface area contributed by atoms with Crippen molar-refractivity contribution in [3.05, 3.63) is 58.3 Å². The average Bonchev–Trinajstić information content (AvgIpc) is 3.21. The Bertz CT molecular complexity index is 671. The predicted molar refractivity (Wildman–Crippen MR) is 98.7 cm³/mol. The van der Waals surface area contributed by atoms with Gasteiger partial charge in [0.05, 0.1) is 18.1 Å². The van der Waals surface area contributed by atoms with E-state index in [9.17, 15) is 9.90 Å². The molecular weight excluding hydrogens is 336 g/mol. The summed E-state index contributed by atoms with van der Waals surface area (Å²) in [6.07, 6.45) is 0. The van der Waals surface area contributed by atoms with Gasteiger partial charge in [-0.1, -0.05) is 36.4 Å². The van der Waals surface area contributed by atoms with Crippen molar-refractivity contribution in [2.75, 3.05) is 46.4 Å².